The predicted octanol–water partition coefficient (Wildman–Crippen LogP) is 6.29. The molecular formula is C32H37ClF3NO6. The van der Waals surface area contributed by atoms with Crippen molar-refractivity contribution < 1.29 is 42.1 Å². The quantitative estimate of drug-likeness (QED) is 0.365. The van der Waals surface area contributed by atoms with Gasteiger partial charge in [-0.3, -0.25) is 9.69 Å². The fraction of sp³-hybridized carbons (Fsp3) is 0.562. The lowest BCUT2D eigenvalue weighted by molar-refractivity contribution is -0.183. The van der Waals surface area contributed by atoms with E-state index >= 15 is 0 Å². The largest absolute Gasteiger partial charge is 0.471 e. The molecule has 43 heavy (non-hydrogen) atoms. The van der Waals surface area contributed by atoms with Crippen LogP contribution in [0.15, 0.2) is 42.5 Å². The van der Waals surface area contributed by atoms with Gasteiger partial charge in [0.1, 0.15) is 5.54 Å². The zero-order valence-corrected chi connectivity index (χ0v) is 25.0. The number of methoxy groups -OCH3 is 1. The first-order valence-electron chi connectivity index (χ1n) is 14.7. The number of anilines is 1. The van der Waals surface area contributed by atoms with Crippen LogP contribution in [0.1, 0.15) is 68.4 Å². The van der Waals surface area contributed by atoms with Crippen molar-refractivity contribution in [3.8, 4) is 0 Å². The molecule has 1 saturated carbocycles. The van der Waals surface area contributed by atoms with E-state index in [1.165, 1.54) is 24.3 Å². The van der Waals surface area contributed by atoms with Gasteiger partial charge in [-0.05, 0) is 97.6 Å². The normalized spacial score (nSPS) is 26.6. The Hall–Kier alpha value is -2.66. The third-order valence-corrected chi connectivity index (χ3v) is 9.73. The standard InChI is InChI=1S/C32H37ClF3NO6/c1-20(19-38)15-23-16-21-7-8-22(27-42-13-4-14-43-27)17-26(21)30(23)9-11-31(12-10-30,29(40)41-2)37(28(39)32(34,35)36)25-6-3-5-24(33)18-25/h3,5-8,17-18,20,23,27,38H,4,9-16,19H2,1-2H3/t20-,23?,30?,31?/m1/s1. The average Bonchev–Trinajstić information content (AvgIpc) is 3.29. The van der Waals surface area contributed by atoms with Gasteiger partial charge in [-0.1, -0.05) is 36.7 Å². The maximum atomic E-state index is 14.1. The lowest BCUT2D eigenvalue weighted by Gasteiger charge is -2.51. The number of esters is 1. The molecule has 2 aliphatic carbocycles. The fourth-order valence-electron chi connectivity index (χ4n) is 7.41. The first-order valence-corrected chi connectivity index (χ1v) is 15.1. The van der Waals surface area contributed by atoms with E-state index in [1.807, 2.05) is 13.0 Å². The number of carbonyl (C=O) groups excluding carboxylic acids is 2. The highest BCUT2D eigenvalue weighted by atomic mass is 35.5. The predicted molar refractivity (Wildman–Crippen MR) is 154 cm³/mol. The molecule has 1 saturated heterocycles. The van der Waals surface area contributed by atoms with Gasteiger partial charge < -0.3 is 19.3 Å². The van der Waals surface area contributed by atoms with Crippen LogP contribution in [0.4, 0.5) is 18.9 Å². The SMILES string of the molecule is COC(=O)C1(N(C(=O)C(F)(F)F)c2cccc(Cl)c2)CCC2(CC1)c1cc(C3OCCCO3)ccc1CC2C[C@@H](C)CO. The van der Waals surface area contributed by atoms with Crippen LogP contribution >= 0.6 is 11.6 Å². The number of carbonyl (C=O) groups is 2. The molecule has 0 radical (unpaired) electrons. The van der Waals surface area contributed by atoms with Crippen molar-refractivity contribution in [1.29, 1.82) is 0 Å². The zero-order valence-electron chi connectivity index (χ0n) is 24.3. The summed E-state index contributed by atoms with van der Waals surface area (Å²) in [7, 11) is 1.12. The summed E-state index contributed by atoms with van der Waals surface area (Å²) in [6, 6.07) is 11.7. The van der Waals surface area contributed by atoms with E-state index < -0.39 is 35.3 Å². The lowest BCUT2D eigenvalue weighted by Crippen LogP contribution is -2.63. The second-order valence-corrected chi connectivity index (χ2v) is 12.5. The number of hydrogen-bond acceptors (Lipinski definition) is 6. The van der Waals surface area contributed by atoms with E-state index in [0.717, 1.165) is 36.6 Å². The van der Waals surface area contributed by atoms with E-state index in [9.17, 15) is 27.9 Å². The number of ether oxygens (including phenoxy) is 3. The van der Waals surface area contributed by atoms with Crippen molar-refractivity contribution in [1.82, 2.24) is 0 Å². The summed E-state index contributed by atoms with van der Waals surface area (Å²) >= 11 is 6.14. The molecule has 2 aromatic carbocycles. The molecule has 0 aromatic heterocycles. The van der Waals surface area contributed by atoms with Crippen molar-refractivity contribution in [2.45, 2.75) is 75.3 Å². The molecule has 2 aromatic rings. The van der Waals surface area contributed by atoms with Gasteiger partial charge in [0, 0.05) is 22.9 Å². The van der Waals surface area contributed by atoms with Crippen LogP contribution in [-0.2, 0) is 35.6 Å². The van der Waals surface area contributed by atoms with Crippen molar-refractivity contribution >= 4 is 29.2 Å². The number of alkyl halides is 3. The molecule has 5 rings (SSSR count). The number of benzene rings is 2. The second-order valence-electron chi connectivity index (χ2n) is 12.1. The van der Waals surface area contributed by atoms with Gasteiger partial charge in [0.25, 0.3) is 0 Å². The Morgan fingerprint density at radius 2 is 1.81 bits per heavy atom. The minimum atomic E-state index is -5.24. The van der Waals surface area contributed by atoms with E-state index in [4.69, 9.17) is 25.8 Å². The van der Waals surface area contributed by atoms with Crippen LogP contribution < -0.4 is 4.90 Å². The second kappa shape index (κ2) is 12.4. The maximum Gasteiger partial charge on any atom is 0.471 e. The van der Waals surface area contributed by atoms with Crippen LogP contribution in [0.25, 0.3) is 0 Å². The van der Waals surface area contributed by atoms with Gasteiger partial charge in [-0.15, -0.1) is 0 Å². The molecule has 1 unspecified atom stereocenters. The van der Waals surface area contributed by atoms with Gasteiger partial charge in [0.15, 0.2) is 6.29 Å². The summed E-state index contributed by atoms with van der Waals surface area (Å²) in [5.74, 6) is -2.98. The Morgan fingerprint density at radius 3 is 2.42 bits per heavy atom. The Kier molecular flexibility index (Phi) is 9.14. The number of rotatable bonds is 7. The van der Waals surface area contributed by atoms with Crippen LogP contribution in [0.3, 0.4) is 0 Å². The highest BCUT2D eigenvalue weighted by molar-refractivity contribution is 6.31. The molecule has 1 amide bonds. The number of nitrogens with zero attached hydrogens (tertiary/aromatic N) is 1. The number of halogens is 4. The van der Waals surface area contributed by atoms with Crippen molar-refractivity contribution in [2.24, 2.45) is 11.8 Å². The third kappa shape index (κ3) is 5.91. The van der Waals surface area contributed by atoms with Gasteiger partial charge in [-0.25, -0.2) is 4.79 Å². The summed E-state index contributed by atoms with van der Waals surface area (Å²) in [5.41, 5.74) is 0.530. The van der Waals surface area contributed by atoms with E-state index in [-0.39, 0.29) is 42.0 Å². The Balaban J connectivity index is 1.58. The molecule has 11 heteroatoms. The van der Waals surface area contributed by atoms with Crippen molar-refractivity contribution in [2.75, 3.05) is 31.8 Å². The van der Waals surface area contributed by atoms with Gasteiger partial charge in [0.2, 0.25) is 0 Å². The van der Waals surface area contributed by atoms with Crippen LogP contribution in [-0.4, -0.2) is 55.6 Å². The van der Waals surface area contributed by atoms with Crippen molar-refractivity contribution in [3.05, 3.63) is 64.2 Å². The number of aliphatic hydroxyl groups is 1. The third-order valence-electron chi connectivity index (χ3n) is 9.49. The first-order chi connectivity index (χ1) is 20.4. The van der Waals surface area contributed by atoms with E-state index in [2.05, 4.69) is 12.1 Å². The first kappa shape index (κ1) is 31.8. The molecule has 1 spiro atoms. The van der Waals surface area contributed by atoms with Crippen molar-refractivity contribution in [3.63, 3.8) is 0 Å². The molecule has 1 heterocycles. The van der Waals surface area contributed by atoms with E-state index in [0.29, 0.717) is 37.4 Å². The molecule has 234 valence electrons. The monoisotopic (exact) mass is 623 g/mol. The lowest BCUT2D eigenvalue weighted by atomic mass is 9.59. The van der Waals surface area contributed by atoms with Gasteiger partial charge >= 0.3 is 18.1 Å². The van der Waals surface area contributed by atoms with E-state index in [1.54, 1.807) is 0 Å². The number of amides is 1. The minimum absolute atomic E-state index is 0.00252. The highest BCUT2D eigenvalue weighted by Crippen LogP contribution is 2.57. The summed E-state index contributed by atoms with van der Waals surface area (Å²) < 4.78 is 59.2. The minimum Gasteiger partial charge on any atom is -0.467 e. The summed E-state index contributed by atoms with van der Waals surface area (Å²) in [4.78, 5) is 27.2. The van der Waals surface area contributed by atoms with Crippen LogP contribution in [0.5, 0.6) is 0 Å². The Morgan fingerprint density at radius 1 is 1.12 bits per heavy atom. The molecule has 1 aliphatic heterocycles. The summed E-state index contributed by atoms with van der Waals surface area (Å²) in [5, 5.41) is 10.0. The van der Waals surface area contributed by atoms with Gasteiger partial charge in [0.05, 0.1) is 20.3 Å². The number of aliphatic hydroxyl groups excluding tert-OH is 1. The molecule has 1 N–H and O–H groups in total. The topological polar surface area (TPSA) is 85.3 Å². The average molecular weight is 624 g/mol. The Labute approximate surface area is 254 Å². The highest BCUT2D eigenvalue weighted by Gasteiger charge is 2.60. The molecule has 2 atom stereocenters. The number of hydrogen-bond donors (Lipinski definition) is 1. The summed E-state index contributed by atoms with van der Waals surface area (Å²) in [6.07, 6.45) is -2.97. The Bertz CT molecular complexity index is 1340. The molecule has 0 bridgehead atoms. The molecule has 2 fully saturated rings. The zero-order chi connectivity index (χ0) is 31.0. The maximum absolute atomic E-state index is 14.1. The smallest absolute Gasteiger partial charge is 0.467 e. The molecular weight excluding hydrogens is 587 g/mol. The van der Waals surface area contributed by atoms with Gasteiger partial charge in [-0.2, -0.15) is 13.2 Å². The molecule has 3 aliphatic rings. The fourth-order valence-corrected chi connectivity index (χ4v) is 7.59. The van der Waals surface area contributed by atoms with Crippen LogP contribution in [0, 0.1) is 11.8 Å². The molecule has 7 nitrogen and oxygen atoms in total. The summed E-state index contributed by atoms with van der Waals surface area (Å²) in [6.45, 7) is 3.14. The van der Waals surface area contributed by atoms with Crippen LogP contribution in [0.2, 0.25) is 5.02 Å². The number of fused-ring (bicyclic) bond motifs is 2.